The highest BCUT2D eigenvalue weighted by atomic mass is 32.1. The van der Waals surface area contributed by atoms with Crippen LogP contribution in [0.3, 0.4) is 0 Å². The molecule has 1 saturated heterocycles. The maximum Gasteiger partial charge on any atom is 0.229 e. The van der Waals surface area contributed by atoms with E-state index < -0.39 is 5.41 Å². The maximum absolute atomic E-state index is 12.7. The Bertz CT molecular complexity index is 1390. The Morgan fingerprint density at radius 1 is 1.10 bits per heavy atom. The SMILES string of the molecule is COc1cc(N2C(=S)N[C@H](c3ccccn3)[C@@H]2c2cc(C)n(C3CCCCC3)c2C)ccc1NC(=O)C(C)(C)C. The summed E-state index contributed by atoms with van der Waals surface area (Å²) < 4.78 is 8.30. The van der Waals surface area contributed by atoms with Crippen LogP contribution < -0.4 is 20.3 Å². The van der Waals surface area contributed by atoms with Gasteiger partial charge in [-0.25, -0.2) is 0 Å². The van der Waals surface area contributed by atoms with E-state index in [1.807, 2.05) is 57.3 Å². The first-order valence-corrected chi connectivity index (χ1v) is 14.7. The van der Waals surface area contributed by atoms with E-state index >= 15 is 0 Å². The molecule has 2 atom stereocenters. The highest BCUT2D eigenvalue weighted by Gasteiger charge is 2.43. The Balaban J connectivity index is 1.59. The predicted molar refractivity (Wildman–Crippen MR) is 165 cm³/mol. The molecule has 0 radical (unpaired) electrons. The van der Waals surface area contributed by atoms with Gasteiger partial charge in [-0.1, -0.05) is 46.1 Å². The molecule has 1 amide bonds. The molecule has 2 aliphatic rings. The van der Waals surface area contributed by atoms with Crippen LogP contribution >= 0.6 is 12.2 Å². The van der Waals surface area contributed by atoms with Crippen molar-refractivity contribution in [3.63, 3.8) is 0 Å². The summed E-state index contributed by atoms with van der Waals surface area (Å²) >= 11 is 5.99. The average Bonchev–Trinajstić information content (AvgIpc) is 3.44. The molecule has 7 nitrogen and oxygen atoms in total. The van der Waals surface area contributed by atoms with Gasteiger partial charge in [0.15, 0.2) is 5.11 Å². The molecule has 2 N–H and O–H groups in total. The average molecular weight is 560 g/mol. The summed E-state index contributed by atoms with van der Waals surface area (Å²) in [5.41, 5.74) is 5.77. The third-order valence-electron chi connectivity index (χ3n) is 8.27. The van der Waals surface area contributed by atoms with Gasteiger partial charge in [0.1, 0.15) is 5.75 Å². The number of hydrogen-bond acceptors (Lipinski definition) is 4. The van der Waals surface area contributed by atoms with E-state index in [1.54, 1.807) is 7.11 Å². The summed E-state index contributed by atoms with van der Waals surface area (Å²) in [4.78, 5) is 19.6. The van der Waals surface area contributed by atoms with Gasteiger partial charge in [-0.05, 0) is 74.8 Å². The number of nitrogens with zero attached hydrogens (tertiary/aromatic N) is 3. The standard InChI is InChI=1S/C32H41N5O2S/c1-20-18-24(21(2)36(20)22-12-8-7-9-13-22)29-28(26-14-10-11-17-33-26)35-31(40)37(29)23-15-16-25(27(19-23)39-6)34-30(38)32(3,4)5/h10-11,14-19,22,28-29H,7-9,12-13H2,1-6H3,(H,34,38)(H,35,40)/t28-,29+/m1/s1. The van der Waals surface area contributed by atoms with Gasteiger partial charge in [-0.3, -0.25) is 9.78 Å². The second kappa shape index (κ2) is 11.2. The van der Waals surface area contributed by atoms with Gasteiger partial charge in [-0.2, -0.15) is 0 Å². The largest absolute Gasteiger partial charge is 0.494 e. The number of benzene rings is 1. The van der Waals surface area contributed by atoms with Crippen molar-refractivity contribution in [1.82, 2.24) is 14.9 Å². The lowest BCUT2D eigenvalue weighted by atomic mass is 9.94. The Hall–Kier alpha value is -3.39. The van der Waals surface area contributed by atoms with Gasteiger partial charge in [0.2, 0.25) is 5.91 Å². The zero-order chi connectivity index (χ0) is 28.6. The lowest BCUT2D eigenvalue weighted by Gasteiger charge is -2.30. The molecule has 3 aromatic rings. The van der Waals surface area contributed by atoms with E-state index in [2.05, 4.69) is 46.1 Å². The zero-order valence-electron chi connectivity index (χ0n) is 24.5. The minimum atomic E-state index is -0.522. The van der Waals surface area contributed by atoms with Crippen LogP contribution in [0.2, 0.25) is 0 Å². The molecule has 1 aliphatic heterocycles. The summed E-state index contributed by atoms with van der Waals surface area (Å²) in [5, 5.41) is 7.24. The highest BCUT2D eigenvalue weighted by Crippen LogP contribution is 2.46. The van der Waals surface area contributed by atoms with E-state index in [1.165, 1.54) is 49.1 Å². The molecule has 0 bridgehead atoms. The van der Waals surface area contributed by atoms with E-state index in [0.29, 0.717) is 22.6 Å². The molecule has 1 aromatic carbocycles. The number of methoxy groups -OCH3 is 1. The third-order valence-corrected chi connectivity index (χ3v) is 8.59. The Morgan fingerprint density at radius 3 is 2.50 bits per heavy atom. The third kappa shape index (κ3) is 5.33. The molecule has 2 aromatic heterocycles. The summed E-state index contributed by atoms with van der Waals surface area (Å²) in [5.74, 6) is 0.519. The number of aryl methyl sites for hydroxylation is 1. The van der Waals surface area contributed by atoms with Gasteiger partial charge in [0.25, 0.3) is 0 Å². The molecule has 2 fully saturated rings. The highest BCUT2D eigenvalue weighted by molar-refractivity contribution is 7.80. The Morgan fingerprint density at radius 2 is 1.85 bits per heavy atom. The van der Waals surface area contributed by atoms with Crippen molar-refractivity contribution >= 4 is 34.6 Å². The van der Waals surface area contributed by atoms with Crippen LogP contribution in [0, 0.1) is 19.3 Å². The van der Waals surface area contributed by atoms with E-state index in [0.717, 1.165) is 11.4 Å². The number of anilines is 2. The number of ether oxygens (including phenoxy) is 1. The molecular weight excluding hydrogens is 518 g/mol. The van der Waals surface area contributed by atoms with Gasteiger partial charge >= 0.3 is 0 Å². The summed E-state index contributed by atoms with van der Waals surface area (Å²) in [6, 6.07) is 14.5. The maximum atomic E-state index is 12.7. The second-order valence-electron chi connectivity index (χ2n) is 12.1. The number of amides is 1. The first-order valence-electron chi connectivity index (χ1n) is 14.3. The van der Waals surface area contributed by atoms with Crippen LogP contribution in [0.25, 0.3) is 0 Å². The van der Waals surface area contributed by atoms with Crippen molar-refractivity contribution in [3.05, 3.63) is 71.3 Å². The fourth-order valence-electron chi connectivity index (χ4n) is 6.19. The lowest BCUT2D eigenvalue weighted by Crippen LogP contribution is -2.30. The molecule has 212 valence electrons. The molecule has 0 spiro atoms. The molecule has 1 aliphatic carbocycles. The fraction of sp³-hybridized carbons (Fsp3) is 0.469. The summed E-state index contributed by atoms with van der Waals surface area (Å²) in [6.45, 7) is 10.1. The molecule has 3 heterocycles. The molecule has 5 rings (SSSR count). The van der Waals surface area contributed by atoms with Crippen LogP contribution in [0.15, 0.2) is 48.7 Å². The zero-order valence-corrected chi connectivity index (χ0v) is 25.3. The predicted octanol–water partition coefficient (Wildman–Crippen LogP) is 7.18. The minimum Gasteiger partial charge on any atom is -0.494 e. The first kappa shape index (κ1) is 28.1. The van der Waals surface area contributed by atoms with E-state index in [4.69, 9.17) is 21.9 Å². The number of rotatable bonds is 6. The Kier molecular flexibility index (Phi) is 7.91. The van der Waals surface area contributed by atoms with Crippen LogP contribution in [0.5, 0.6) is 5.75 Å². The molecule has 40 heavy (non-hydrogen) atoms. The number of thiocarbonyl (C=S) groups is 1. The monoisotopic (exact) mass is 559 g/mol. The Labute approximate surface area is 243 Å². The number of carbonyl (C=O) groups is 1. The van der Waals surface area contributed by atoms with Crippen molar-refractivity contribution in [2.24, 2.45) is 5.41 Å². The van der Waals surface area contributed by atoms with Crippen molar-refractivity contribution in [2.75, 3.05) is 17.3 Å². The molecule has 0 unspecified atom stereocenters. The summed E-state index contributed by atoms with van der Waals surface area (Å²) in [7, 11) is 1.62. The van der Waals surface area contributed by atoms with Crippen LogP contribution in [0.4, 0.5) is 11.4 Å². The van der Waals surface area contributed by atoms with Crippen molar-refractivity contribution in [1.29, 1.82) is 0 Å². The number of carbonyl (C=O) groups excluding carboxylic acids is 1. The van der Waals surface area contributed by atoms with E-state index in [9.17, 15) is 4.79 Å². The van der Waals surface area contributed by atoms with Crippen LogP contribution in [-0.4, -0.2) is 27.7 Å². The number of nitrogens with one attached hydrogen (secondary N) is 2. The van der Waals surface area contributed by atoms with Gasteiger partial charge in [-0.15, -0.1) is 0 Å². The van der Waals surface area contributed by atoms with Gasteiger partial charge < -0.3 is 24.8 Å². The molecular formula is C32H41N5O2S. The van der Waals surface area contributed by atoms with Crippen molar-refractivity contribution in [2.45, 2.75) is 84.8 Å². The fourth-order valence-corrected chi connectivity index (χ4v) is 6.54. The van der Waals surface area contributed by atoms with Gasteiger partial charge in [0.05, 0.1) is 30.6 Å². The topological polar surface area (TPSA) is 71.4 Å². The quantitative estimate of drug-likeness (QED) is 0.312. The first-order chi connectivity index (χ1) is 19.1. The smallest absolute Gasteiger partial charge is 0.229 e. The lowest BCUT2D eigenvalue weighted by molar-refractivity contribution is -0.123. The number of aromatic nitrogens is 2. The van der Waals surface area contributed by atoms with E-state index in [-0.39, 0.29) is 18.0 Å². The van der Waals surface area contributed by atoms with Gasteiger partial charge in [0, 0.05) is 40.8 Å². The van der Waals surface area contributed by atoms with Crippen molar-refractivity contribution < 1.29 is 9.53 Å². The van der Waals surface area contributed by atoms with Crippen molar-refractivity contribution in [3.8, 4) is 5.75 Å². The summed E-state index contributed by atoms with van der Waals surface area (Å²) in [6.07, 6.45) is 8.18. The molecule has 8 heteroatoms. The normalized spacial score (nSPS) is 19.9. The second-order valence-corrected chi connectivity index (χ2v) is 12.5. The van der Waals surface area contributed by atoms with Crippen LogP contribution in [0.1, 0.15) is 93.6 Å². The van der Waals surface area contributed by atoms with Crippen LogP contribution in [-0.2, 0) is 4.79 Å². The number of hydrogen-bond donors (Lipinski definition) is 2. The minimum absolute atomic E-state index is 0.0693. The number of pyridine rings is 1. The molecule has 1 saturated carbocycles.